The fourth-order valence-electron chi connectivity index (χ4n) is 1.47. The lowest BCUT2D eigenvalue weighted by Gasteiger charge is -2.03. The third-order valence-corrected chi connectivity index (χ3v) is 2.18. The van der Waals surface area contributed by atoms with Crippen LogP contribution in [0, 0.1) is 0 Å². The van der Waals surface area contributed by atoms with Gasteiger partial charge in [0, 0.05) is 17.0 Å². The second-order valence-electron chi connectivity index (χ2n) is 3.31. The lowest BCUT2D eigenvalue weighted by Crippen LogP contribution is -2.01. The zero-order valence-electron chi connectivity index (χ0n) is 8.43. The van der Waals surface area contributed by atoms with Crippen molar-refractivity contribution in [2.24, 2.45) is 0 Å². The molecule has 0 saturated heterocycles. The number of aromatic carboxylic acids is 1. The van der Waals surface area contributed by atoms with Crippen LogP contribution in [0.3, 0.4) is 0 Å². The van der Waals surface area contributed by atoms with Gasteiger partial charge in [-0.05, 0) is 18.2 Å². The summed E-state index contributed by atoms with van der Waals surface area (Å²) in [4.78, 5) is 13.5. The molecule has 0 spiro atoms. The summed E-state index contributed by atoms with van der Waals surface area (Å²) < 4.78 is 5.22. The Morgan fingerprint density at radius 2 is 2.19 bits per heavy atom. The van der Waals surface area contributed by atoms with Crippen LogP contribution in [0.1, 0.15) is 10.5 Å². The normalized spacial score (nSPS) is 10.6. The SMILES string of the molecule is O=C(O)c1cc2ccc(OCCO)cc2[nH]1. The van der Waals surface area contributed by atoms with E-state index in [0.717, 1.165) is 5.39 Å². The molecule has 2 rings (SSSR count). The van der Waals surface area contributed by atoms with E-state index in [2.05, 4.69) is 4.98 Å². The van der Waals surface area contributed by atoms with Crippen molar-refractivity contribution >= 4 is 16.9 Å². The smallest absolute Gasteiger partial charge is 0.352 e. The Labute approximate surface area is 91.3 Å². The van der Waals surface area contributed by atoms with Gasteiger partial charge in [0.1, 0.15) is 18.1 Å². The summed E-state index contributed by atoms with van der Waals surface area (Å²) in [5.74, 6) is -0.394. The van der Waals surface area contributed by atoms with E-state index in [1.54, 1.807) is 24.3 Å². The van der Waals surface area contributed by atoms with Gasteiger partial charge in [0.15, 0.2) is 0 Å². The fourth-order valence-corrected chi connectivity index (χ4v) is 1.47. The summed E-state index contributed by atoms with van der Waals surface area (Å²) in [5, 5.41) is 18.2. The summed E-state index contributed by atoms with van der Waals surface area (Å²) in [7, 11) is 0. The van der Waals surface area contributed by atoms with Gasteiger partial charge in [-0.15, -0.1) is 0 Å². The van der Waals surface area contributed by atoms with Crippen LogP contribution in [-0.2, 0) is 0 Å². The molecule has 0 aliphatic rings. The van der Waals surface area contributed by atoms with Crippen molar-refractivity contribution in [2.45, 2.75) is 0 Å². The minimum atomic E-state index is -0.992. The fraction of sp³-hybridized carbons (Fsp3) is 0.182. The quantitative estimate of drug-likeness (QED) is 0.725. The predicted octanol–water partition coefficient (Wildman–Crippen LogP) is 1.24. The highest BCUT2D eigenvalue weighted by atomic mass is 16.5. The first kappa shape index (κ1) is 10.5. The van der Waals surface area contributed by atoms with Crippen LogP contribution < -0.4 is 4.74 Å². The Balaban J connectivity index is 2.34. The van der Waals surface area contributed by atoms with E-state index in [0.29, 0.717) is 11.3 Å². The first-order valence-corrected chi connectivity index (χ1v) is 4.80. The van der Waals surface area contributed by atoms with Crippen LogP contribution in [0.15, 0.2) is 24.3 Å². The van der Waals surface area contributed by atoms with Crippen molar-refractivity contribution in [2.75, 3.05) is 13.2 Å². The molecular formula is C11H11NO4. The summed E-state index contributed by atoms with van der Waals surface area (Å²) in [5.41, 5.74) is 0.849. The Bertz CT molecular complexity index is 518. The first-order valence-electron chi connectivity index (χ1n) is 4.80. The molecule has 0 aliphatic heterocycles. The van der Waals surface area contributed by atoms with E-state index in [4.69, 9.17) is 14.9 Å². The van der Waals surface area contributed by atoms with E-state index in [9.17, 15) is 4.79 Å². The molecule has 1 aromatic heterocycles. The van der Waals surface area contributed by atoms with Gasteiger partial charge in [0.05, 0.1) is 6.61 Å². The van der Waals surface area contributed by atoms with Crippen molar-refractivity contribution in [3.63, 3.8) is 0 Å². The molecule has 84 valence electrons. The van der Waals surface area contributed by atoms with E-state index >= 15 is 0 Å². The van der Waals surface area contributed by atoms with E-state index in [-0.39, 0.29) is 18.9 Å². The van der Waals surface area contributed by atoms with E-state index in [1.807, 2.05) is 0 Å². The van der Waals surface area contributed by atoms with Crippen LogP contribution in [-0.4, -0.2) is 34.4 Å². The van der Waals surface area contributed by atoms with Crippen molar-refractivity contribution in [3.05, 3.63) is 30.0 Å². The van der Waals surface area contributed by atoms with Gasteiger partial charge in [-0.25, -0.2) is 4.79 Å². The minimum absolute atomic E-state index is 0.0524. The average molecular weight is 221 g/mol. The molecule has 0 saturated carbocycles. The maximum Gasteiger partial charge on any atom is 0.352 e. The van der Waals surface area contributed by atoms with Gasteiger partial charge < -0.3 is 19.9 Å². The standard InChI is InChI=1S/C11H11NO4/c13-3-4-16-8-2-1-7-5-10(11(14)15)12-9(7)6-8/h1-2,5-6,12-13H,3-4H2,(H,14,15). The highest BCUT2D eigenvalue weighted by Crippen LogP contribution is 2.21. The Kier molecular flexibility index (Phi) is 2.78. The molecule has 5 heteroatoms. The lowest BCUT2D eigenvalue weighted by molar-refractivity contribution is 0.0691. The number of carbonyl (C=O) groups is 1. The summed E-state index contributed by atoms with van der Waals surface area (Å²) >= 11 is 0. The number of carboxylic acid groups (broad SMARTS) is 1. The number of nitrogens with one attached hydrogen (secondary N) is 1. The molecule has 0 amide bonds. The number of aromatic amines is 1. The third kappa shape index (κ3) is 1.99. The van der Waals surface area contributed by atoms with Crippen LogP contribution in [0.25, 0.3) is 10.9 Å². The number of hydrogen-bond donors (Lipinski definition) is 3. The molecule has 0 radical (unpaired) electrons. The minimum Gasteiger partial charge on any atom is -0.491 e. The average Bonchev–Trinajstić information content (AvgIpc) is 2.69. The van der Waals surface area contributed by atoms with Crippen molar-refractivity contribution in [3.8, 4) is 5.75 Å². The third-order valence-electron chi connectivity index (χ3n) is 2.18. The van der Waals surface area contributed by atoms with Crippen molar-refractivity contribution in [1.29, 1.82) is 0 Å². The highest BCUT2D eigenvalue weighted by molar-refractivity contribution is 5.94. The number of rotatable bonds is 4. The second kappa shape index (κ2) is 4.24. The van der Waals surface area contributed by atoms with Crippen LogP contribution in [0.5, 0.6) is 5.75 Å². The molecule has 0 unspecified atom stereocenters. The molecular weight excluding hydrogens is 210 g/mol. The van der Waals surface area contributed by atoms with Gasteiger partial charge in [0.25, 0.3) is 0 Å². The Hall–Kier alpha value is -2.01. The molecule has 0 fully saturated rings. The summed E-state index contributed by atoms with van der Waals surface area (Å²) in [6.07, 6.45) is 0. The molecule has 0 aliphatic carbocycles. The Morgan fingerprint density at radius 3 is 2.88 bits per heavy atom. The van der Waals surface area contributed by atoms with Crippen LogP contribution in [0.4, 0.5) is 0 Å². The van der Waals surface area contributed by atoms with Gasteiger partial charge in [-0.1, -0.05) is 0 Å². The Morgan fingerprint density at radius 1 is 1.38 bits per heavy atom. The van der Waals surface area contributed by atoms with Gasteiger partial charge in [-0.3, -0.25) is 0 Å². The zero-order chi connectivity index (χ0) is 11.5. The maximum atomic E-state index is 10.7. The van der Waals surface area contributed by atoms with E-state index < -0.39 is 5.97 Å². The van der Waals surface area contributed by atoms with Crippen molar-refractivity contribution in [1.82, 2.24) is 4.98 Å². The number of H-pyrrole nitrogens is 1. The van der Waals surface area contributed by atoms with Gasteiger partial charge in [-0.2, -0.15) is 0 Å². The van der Waals surface area contributed by atoms with Gasteiger partial charge in [0.2, 0.25) is 0 Å². The monoisotopic (exact) mass is 221 g/mol. The number of benzene rings is 1. The zero-order valence-corrected chi connectivity index (χ0v) is 8.43. The number of aromatic nitrogens is 1. The number of aliphatic hydroxyl groups excluding tert-OH is 1. The largest absolute Gasteiger partial charge is 0.491 e. The maximum absolute atomic E-state index is 10.7. The van der Waals surface area contributed by atoms with Gasteiger partial charge >= 0.3 is 5.97 Å². The lowest BCUT2D eigenvalue weighted by atomic mass is 10.2. The summed E-state index contributed by atoms with van der Waals surface area (Å²) in [6.45, 7) is 0.168. The topological polar surface area (TPSA) is 82.6 Å². The molecule has 1 aromatic carbocycles. The molecule has 5 nitrogen and oxygen atoms in total. The van der Waals surface area contributed by atoms with Crippen LogP contribution in [0.2, 0.25) is 0 Å². The van der Waals surface area contributed by atoms with E-state index in [1.165, 1.54) is 0 Å². The molecule has 16 heavy (non-hydrogen) atoms. The molecule has 2 aromatic rings. The van der Waals surface area contributed by atoms with Crippen molar-refractivity contribution < 1.29 is 19.7 Å². The number of ether oxygens (including phenoxy) is 1. The number of carboxylic acids is 1. The molecule has 3 N–H and O–H groups in total. The number of fused-ring (bicyclic) bond motifs is 1. The highest BCUT2D eigenvalue weighted by Gasteiger charge is 2.07. The number of aliphatic hydroxyl groups is 1. The number of hydrogen-bond acceptors (Lipinski definition) is 3. The molecule has 0 bridgehead atoms. The molecule has 0 atom stereocenters. The molecule has 1 heterocycles. The first-order chi connectivity index (χ1) is 7.70. The second-order valence-corrected chi connectivity index (χ2v) is 3.31. The summed E-state index contributed by atoms with van der Waals surface area (Å²) in [6, 6.07) is 6.77. The van der Waals surface area contributed by atoms with Crippen LogP contribution >= 0.6 is 0 Å². The predicted molar refractivity (Wildman–Crippen MR) is 57.8 cm³/mol.